The Morgan fingerprint density at radius 3 is 2.67 bits per heavy atom. The van der Waals surface area contributed by atoms with Crippen LogP contribution in [0.3, 0.4) is 0 Å². The summed E-state index contributed by atoms with van der Waals surface area (Å²) in [6.07, 6.45) is 0. The third kappa shape index (κ3) is 1.31. The maximum absolute atomic E-state index is 12.8. The van der Waals surface area contributed by atoms with Crippen molar-refractivity contribution in [2.45, 2.75) is 0 Å². The zero-order chi connectivity index (χ0) is 9.30. The number of nitro groups is 1. The molecule has 0 fully saturated rings. The van der Waals surface area contributed by atoms with E-state index in [9.17, 15) is 14.5 Å². The minimum Gasteiger partial charge on any atom is -0.391 e. The van der Waals surface area contributed by atoms with E-state index in [1.54, 1.807) is 0 Å². The van der Waals surface area contributed by atoms with E-state index in [1.807, 2.05) is 0 Å². The molecule has 0 aliphatic carbocycles. The van der Waals surface area contributed by atoms with E-state index in [1.165, 1.54) is 0 Å². The van der Waals surface area contributed by atoms with E-state index < -0.39 is 22.1 Å². The fourth-order valence-corrected chi connectivity index (χ4v) is 0.880. The van der Waals surface area contributed by atoms with Crippen LogP contribution >= 0.6 is 11.6 Å². The second-order valence-electron chi connectivity index (χ2n) is 2.05. The molecule has 1 aromatic rings. The second-order valence-corrected chi connectivity index (χ2v) is 2.46. The molecule has 0 aliphatic rings. The number of benzene rings is 1. The fourth-order valence-electron chi connectivity index (χ4n) is 0.715. The van der Waals surface area contributed by atoms with Gasteiger partial charge in [0.05, 0.1) is 9.95 Å². The minimum absolute atomic E-state index is 0.224. The predicted octanol–water partition coefficient (Wildman–Crippen LogP) is 1.97. The standard InChI is InChI=1S/C6H4ClFN2O2/c7-3-1-2-4(10(11)12)6(9)5(3)8/h1-2H,9H2. The lowest BCUT2D eigenvalue weighted by molar-refractivity contribution is -0.384. The number of nitrogens with zero attached hydrogens (tertiary/aromatic N) is 1. The first-order valence-electron chi connectivity index (χ1n) is 2.92. The summed E-state index contributed by atoms with van der Waals surface area (Å²) in [5, 5.41) is 9.98. The van der Waals surface area contributed by atoms with Crippen molar-refractivity contribution in [3.05, 3.63) is 33.1 Å². The lowest BCUT2D eigenvalue weighted by Gasteiger charge is -1.98. The van der Waals surface area contributed by atoms with Crippen molar-refractivity contribution in [2.75, 3.05) is 5.73 Å². The number of anilines is 1. The Bertz CT molecular complexity index is 343. The number of hydrogen-bond donors (Lipinski definition) is 1. The summed E-state index contributed by atoms with van der Waals surface area (Å²) in [5.41, 5.74) is 4.07. The third-order valence-electron chi connectivity index (χ3n) is 1.31. The summed E-state index contributed by atoms with van der Waals surface area (Å²) < 4.78 is 12.8. The summed E-state index contributed by atoms with van der Waals surface area (Å²) in [4.78, 5) is 9.43. The van der Waals surface area contributed by atoms with E-state index in [4.69, 9.17) is 17.3 Å². The van der Waals surface area contributed by atoms with Crippen LogP contribution < -0.4 is 5.73 Å². The second kappa shape index (κ2) is 2.94. The van der Waals surface area contributed by atoms with Crippen molar-refractivity contribution in [2.24, 2.45) is 0 Å². The highest BCUT2D eigenvalue weighted by Crippen LogP contribution is 2.28. The van der Waals surface area contributed by atoms with Crippen LogP contribution in [0.1, 0.15) is 0 Å². The summed E-state index contributed by atoms with van der Waals surface area (Å²) in [6.45, 7) is 0. The summed E-state index contributed by atoms with van der Waals surface area (Å²) in [5.74, 6) is -0.953. The first-order chi connectivity index (χ1) is 5.54. The molecule has 0 aromatic heterocycles. The quantitative estimate of drug-likeness (QED) is 0.418. The van der Waals surface area contributed by atoms with Gasteiger partial charge in [-0.2, -0.15) is 0 Å². The molecule has 0 saturated carbocycles. The molecule has 0 heterocycles. The van der Waals surface area contributed by atoms with E-state index in [0.29, 0.717) is 0 Å². The van der Waals surface area contributed by atoms with Crippen molar-refractivity contribution in [1.29, 1.82) is 0 Å². The molecule has 0 spiro atoms. The van der Waals surface area contributed by atoms with Gasteiger partial charge < -0.3 is 5.73 Å². The molecule has 0 bridgehead atoms. The van der Waals surface area contributed by atoms with E-state index >= 15 is 0 Å². The Balaban J connectivity index is 3.36. The van der Waals surface area contributed by atoms with Gasteiger partial charge in [-0.3, -0.25) is 10.1 Å². The van der Waals surface area contributed by atoms with Crippen LogP contribution in [0.2, 0.25) is 5.02 Å². The summed E-state index contributed by atoms with van der Waals surface area (Å²) in [7, 11) is 0. The normalized spacial score (nSPS) is 9.83. The molecule has 0 unspecified atom stereocenters. The van der Waals surface area contributed by atoms with E-state index in [0.717, 1.165) is 12.1 Å². The Morgan fingerprint density at radius 2 is 2.17 bits per heavy atom. The topological polar surface area (TPSA) is 69.2 Å². The average molecular weight is 191 g/mol. The van der Waals surface area contributed by atoms with Gasteiger partial charge in [0.15, 0.2) is 5.82 Å². The SMILES string of the molecule is Nc1c([N+](=O)[O-])ccc(Cl)c1F. The van der Waals surface area contributed by atoms with Gasteiger partial charge in [0.25, 0.3) is 5.69 Å². The van der Waals surface area contributed by atoms with Crippen molar-refractivity contribution < 1.29 is 9.31 Å². The molecule has 1 rings (SSSR count). The van der Waals surface area contributed by atoms with Gasteiger partial charge in [0.1, 0.15) is 5.69 Å². The predicted molar refractivity (Wildman–Crippen MR) is 42.5 cm³/mol. The average Bonchev–Trinajstić information content (AvgIpc) is 2.00. The molecule has 2 N–H and O–H groups in total. The molecule has 0 radical (unpaired) electrons. The third-order valence-corrected chi connectivity index (χ3v) is 1.60. The Morgan fingerprint density at radius 1 is 1.58 bits per heavy atom. The molecule has 4 nitrogen and oxygen atoms in total. The summed E-state index contributed by atoms with van der Waals surface area (Å²) in [6, 6.07) is 2.14. The Hall–Kier alpha value is -1.36. The lowest BCUT2D eigenvalue weighted by atomic mass is 10.2. The van der Waals surface area contributed by atoms with Gasteiger partial charge in [-0.25, -0.2) is 4.39 Å². The minimum atomic E-state index is -0.953. The number of hydrogen-bond acceptors (Lipinski definition) is 3. The monoisotopic (exact) mass is 190 g/mol. The molecule has 0 amide bonds. The van der Waals surface area contributed by atoms with Crippen LogP contribution in [-0.2, 0) is 0 Å². The lowest BCUT2D eigenvalue weighted by Crippen LogP contribution is -1.98. The highest BCUT2D eigenvalue weighted by Gasteiger charge is 2.16. The van der Waals surface area contributed by atoms with Gasteiger partial charge in [0.2, 0.25) is 0 Å². The van der Waals surface area contributed by atoms with Crippen LogP contribution in [0.5, 0.6) is 0 Å². The molecule has 1 aromatic carbocycles. The molecule has 12 heavy (non-hydrogen) atoms. The largest absolute Gasteiger partial charge is 0.391 e. The molecule has 0 saturated heterocycles. The molecule has 0 aliphatic heterocycles. The van der Waals surface area contributed by atoms with Crippen LogP contribution in [0.25, 0.3) is 0 Å². The Labute approximate surface area is 71.9 Å². The van der Waals surface area contributed by atoms with Crippen molar-refractivity contribution in [3.63, 3.8) is 0 Å². The molecular weight excluding hydrogens is 187 g/mol. The molecule has 0 atom stereocenters. The molecule has 64 valence electrons. The van der Waals surface area contributed by atoms with Gasteiger partial charge in [-0.15, -0.1) is 0 Å². The number of nitrogens with two attached hydrogens (primary N) is 1. The van der Waals surface area contributed by atoms with Gasteiger partial charge in [0, 0.05) is 6.07 Å². The number of nitrogen functional groups attached to an aromatic ring is 1. The number of nitro benzene ring substituents is 1. The van der Waals surface area contributed by atoms with Gasteiger partial charge in [-0.05, 0) is 6.07 Å². The van der Waals surface area contributed by atoms with Crippen LogP contribution in [-0.4, -0.2) is 4.92 Å². The van der Waals surface area contributed by atoms with Gasteiger partial charge >= 0.3 is 0 Å². The van der Waals surface area contributed by atoms with Crippen molar-refractivity contribution >= 4 is 23.0 Å². The first kappa shape index (κ1) is 8.73. The molecular formula is C6H4ClFN2O2. The Kier molecular flexibility index (Phi) is 2.14. The maximum Gasteiger partial charge on any atom is 0.295 e. The zero-order valence-corrected chi connectivity index (χ0v) is 6.51. The van der Waals surface area contributed by atoms with Crippen LogP contribution in [0.4, 0.5) is 15.8 Å². The highest BCUT2D eigenvalue weighted by molar-refractivity contribution is 6.31. The highest BCUT2D eigenvalue weighted by atomic mass is 35.5. The number of rotatable bonds is 1. The number of halogens is 2. The smallest absolute Gasteiger partial charge is 0.295 e. The zero-order valence-electron chi connectivity index (χ0n) is 5.75. The van der Waals surface area contributed by atoms with E-state index in [-0.39, 0.29) is 5.02 Å². The molecule has 6 heteroatoms. The van der Waals surface area contributed by atoms with Crippen molar-refractivity contribution in [3.8, 4) is 0 Å². The van der Waals surface area contributed by atoms with Crippen LogP contribution in [0.15, 0.2) is 12.1 Å². The fraction of sp³-hybridized carbons (Fsp3) is 0. The van der Waals surface area contributed by atoms with E-state index in [2.05, 4.69) is 0 Å². The maximum atomic E-state index is 12.8. The summed E-state index contributed by atoms with van der Waals surface area (Å²) >= 11 is 5.31. The van der Waals surface area contributed by atoms with Crippen molar-refractivity contribution in [1.82, 2.24) is 0 Å². The van der Waals surface area contributed by atoms with Crippen LogP contribution in [0, 0.1) is 15.9 Å². The first-order valence-corrected chi connectivity index (χ1v) is 3.29. The van der Waals surface area contributed by atoms with Gasteiger partial charge in [-0.1, -0.05) is 11.6 Å².